The zero-order chi connectivity index (χ0) is 12.8. The number of hydrogen-bond acceptors (Lipinski definition) is 5. The van der Waals surface area contributed by atoms with Gasteiger partial charge in [0.15, 0.2) is 5.69 Å². The molecule has 7 nitrogen and oxygen atoms in total. The largest absolute Gasteiger partial charge is 0.476 e. The van der Waals surface area contributed by atoms with Crippen molar-refractivity contribution in [3.8, 4) is 0 Å². The Morgan fingerprint density at radius 2 is 2.41 bits per heavy atom. The average Bonchev–Trinajstić information content (AvgIpc) is 2.72. The SMILES string of the molecule is CC(CNCCn1cc(C(=O)O)nn1)S(C)=O. The minimum Gasteiger partial charge on any atom is -0.476 e. The molecule has 0 saturated carbocycles. The van der Waals surface area contributed by atoms with Gasteiger partial charge in [-0.05, 0) is 6.92 Å². The molecule has 1 rings (SSSR count). The third-order valence-electron chi connectivity index (χ3n) is 2.27. The zero-order valence-corrected chi connectivity index (χ0v) is 10.6. The van der Waals surface area contributed by atoms with Crippen LogP contribution in [0.4, 0.5) is 0 Å². The van der Waals surface area contributed by atoms with Gasteiger partial charge in [-0.3, -0.25) is 8.89 Å². The minimum atomic E-state index is -1.08. The van der Waals surface area contributed by atoms with Gasteiger partial charge in [0.1, 0.15) is 0 Å². The van der Waals surface area contributed by atoms with Crippen LogP contribution < -0.4 is 5.32 Å². The summed E-state index contributed by atoms with van der Waals surface area (Å²) in [5, 5.41) is 19.0. The van der Waals surface area contributed by atoms with Crippen LogP contribution in [0, 0.1) is 0 Å². The van der Waals surface area contributed by atoms with Gasteiger partial charge in [0.2, 0.25) is 0 Å². The molecule has 0 amide bonds. The summed E-state index contributed by atoms with van der Waals surface area (Å²) in [5.74, 6) is -1.08. The number of hydrogen-bond donors (Lipinski definition) is 2. The highest BCUT2D eigenvalue weighted by Gasteiger charge is 2.08. The summed E-state index contributed by atoms with van der Waals surface area (Å²) in [6.45, 7) is 3.72. The van der Waals surface area contributed by atoms with Crippen molar-refractivity contribution in [2.45, 2.75) is 18.7 Å². The molecule has 17 heavy (non-hydrogen) atoms. The Labute approximate surface area is 102 Å². The standard InChI is InChI=1S/C9H16N4O3S/c1-7(17(2)16)5-10-3-4-13-6-8(9(14)15)11-12-13/h6-7,10H,3-5H2,1-2H3,(H,14,15). The fourth-order valence-corrected chi connectivity index (χ4v) is 1.47. The summed E-state index contributed by atoms with van der Waals surface area (Å²) in [4.78, 5) is 10.5. The number of nitrogens with zero attached hydrogens (tertiary/aromatic N) is 3. The predicted molar refractivity (Wildman–Crippen MR) is 63.4 cm³/mol. The molecule has 1 aromatic heterocycles. The van der Waals surface area contributed by atoms with E-state index in [1.807, 2.05) is 6.92 Å². The normalized spacial score (nSPS) is 14.5. The molecule has 0 saturated heterocycles. The molecule has 0 bridgehead atoms. The first-order chi connectivity index (χ1) is 8.00. The second-order valence-electron chi connectivity index (χ2n) is 3.69. The quantitative estimate of drug-likeness (QED) is 0.631. The van der Waals surface area contributed by atoms with Crippen LogP contribution in [0.5, 0.6) is 0 Å². The Kier molecular flexibility index (Phi) is 5.23. The van der Waals surface area contributed by atoms with Crippen LogP contribution in [0.15, 0.2) is 6.20 Å². The molecule has 2 N–H and O–H groups in total. The maximum absolute atomic E-state index is 11.1. The Bertz CT molecular complexity index is 407. The van der Waals surface area contributed by atoms with Crippen LogP contribution in [-0.2, 0) is 17.3 Å². The van der Waals surface area contributed by atoms with Crippen molar-refractivity contribution in [1.29, 1.82) is 0 Å². The van der Waals surface area contributed by atoms with Crippen LogP contribution in [0.25, 0.3) is 0 Å². The van der Waals surface area contributed by atoms with Gasteiger partial charge in [-0.25, -0.2) is 4.79 Å². The number of aromatic carboxylic acids is 1. The monoisotopic (exact) mass is 260 g/mol. The Morgan fingerprint density at radius 3 is 2.94 bits per heavy atom. The molecule has 1 aromatic rings. The van der Waals surface area contributed by atoms with Crippen molar-refractivity contribution in [1.82, 2.24) is 20.3 Å². The van der Waals surface area contributed by atoms with Gasteiger partial charge in [-0.2, -0.15) is 0 Å². The van der Waals surface area contributed by atoms with E-state index < -0.39 is 16.8 Å². The van der Waals surface area contributed by atoms with Gasteiger partial charge in [-0.1, -0.05) is 5.21 Å². The molecule has 0 spiro atoms. The van der Waals surface area contributed by atoms with Crippen molar-refractivity contribution >= 4 is 16.8 Å². The molecule has 0 aromatic carbocycles. The molecule has 0 radical (unpaired) electrons. The molecule has 8 heteroatoms. The highest BCUT2D eigenvalue weighted by Crippen LogP contribution is 1.92. The average molecular weight is 260 g/mol. The van der Waals surface area contributed by atoms with Gasteiger partial charge >= 0.3 is 5.97 Å². The fraction of sp³-hybridized carbons (Fsp3) is 0.667. The first kappa shape index (κ1) is 13.8. The molecule has 96 valence electrons. The second kappa shape index (κ2) is 6.45. The third kappa shape index (κ3) is 4.61. The number of carboxylic acids is 1. The molecular weight excluding hydrogens is 244 g/mol. The first-order valence-electron chi connectivity index (χ1n) is 5.17. The topological polar surface area (TPSA) is 97.1 Å². The van der Waals surface area contributed by atoms with E-state index in [0.29, 0.717) is 19.6 Å². The summed E-state index contributed by atoms with van der Waals surface area (Å²) in [7, 11) is -0.835. The molecular formula is C9H16N4O3S. The summed E-state index contributed by atoms with van der Waals surface area (Å²) in [6.07, 6.45) is 3.05. The molecule has 0 aliphatic rings. The number of rotatable bonds is 7. The van der Waals surface area contributed by atoms with Crippen LogP contribution in [0.3, 0.4) is 0 Å². The molecule has 0 fully saturated rings. The lowest BCUT2D eigenvalue weighted by molar-refractivity contribution is 0.0690. The number of aromatic nitrogens is 3. The van der Waals surface area contributed by atoms with Crippen LogP contribution in [0.1, 0.15) is 17.4 Å². The van der Waals surface area contributed by atoms with E-state index >= 15 is 0 Å². The van der Waals surface area contributed by atoms with E-state index in [-0.39, 0.29) is 10.9 Å². The van der Waals surface area contributed by atoms with Gasteiger partial charge < -0.3 is 10.4 Å². The first-order valence-corrected chi connectivity index (χ1v) is 6.79. The molecule has 2 atom stereocenters. The van der Waals surface area contributed by atoms with Crippen molar-refractivity contribution in [3.63, 3.8) is 0 Å². The summed E-state index contributed by atoms with van der Waals surface area (Å²) < 4.78 is 12.5. The zero-order valence-electron chi connectivity index (χ0n) is 9.79. The number of carboxylic acid groups (broad SMARTS) is 1. The lowest BCUT2D eigenvalue weighted by atomic mass is 10.4. The summed E-state index contributed by atoms with van der Waals surface area (Å²) >= 11 is 0. The second-order valence-corrected chi connectivity index (χ2v) is 5.49. The van der Waals surface area contributed by atoms with E-state index in [9.17, 15) is 9.00 Å². The van der Waals surface area contributed by atoms with Gasteiger partial charge in [0.25, 0.3) is 0 Å². The van der Waals surface area contributed by atoms with Gasteiger partial charge in [0, 0.05) is 35.4 Å². The van der Waals surface area contributed by atoms with Crippen LogP contribution in [0.2, 0.25) is 0 Å². The van der Waals surface area contributed by atoms with Crippen LogP contribution >= 0.6 is 0 Å². The molecule has 2 unspecified atom stereocenters. The van der Waals surface area contributed by atoms with E-state index in [0.717, 1.165) is 0 Å². The lowest BCUT2D eigenvalue weighted by Crippen LogP contribution is -2.30. The number of carbonyl (C=O) groups is 1. The minimum absolute atomic E-state index is 0.0620. The summed E-state index contributed by atoms with van der Waals surface area (Å²) in [6, 6.07) is 0. The highest BCUT2D eigenvalue weighted by atomic mass is 32.2. The Hall–Kier alpha value is -1.28. The van der Waals surface area contributed by atoms with Crippen molar-refractivity contribution in [2.75, 3.05) is 19.3 Å². The van der Waals surface area contributed by atoms with Crippen molar-refractivity contribution in [3.05, 3.63) is 11.9 Å². The lowest BCUT2D eigenvalue weighted by Gasteiger charge is -2.09. The Balaban J connectivity index is 2.26. The van der Waals surface area contributed by atoms with Gasteiger partial charge in [0.05, 0.1) is 12.7 Å². The number of nitrogens with one attached hydrogen (secondary N) is 1. The van der Waals surface area contributed by atoms with Crippen LogP contribution in [-0.4, -0.2) is 54.9 Å². The van der Waals surface area contributed by atoms with E-state index in [2.05, 4.69) is 15.6 Å². The third-order valence-corrected chi connectivity index (χ3v) is 3.57. The molecule has 1 heterocycles. The van der Waals surface area contributed by atoms with E-state index in [1.165, 1.54) is 10.9 Å². The highest BCUT2D eigenvalue weighted by molar-refractivity contribution is 7.84. The smallest absolute Gasteiger partial charge is 0.358 e. The predicted octanol–water partition coefficient (Wildman–Crippen LogP) is -0.667. The van der Waals surface area contributed by atoms with Gasteiger partial charge in [-0.15, -0.1) is 5.10 Å². The van der Waals surface area contributed by atoms with Crippen molar-refractivity contribution in [2.24, 2.45) is 0 Å². The fourth-order valence-electron chi connectivity index (χ4n) is 1.12. The molecule has 0 aliphatic heterocycles. The molecule has 0 aliphatic carbocycles. The van der Waals surface area contributed by atoms with E-state index in [4.69, 9.17) is 5.11 Å². The maximum atomic E-state index is 11.1. The van der Waals surface area contributed by atoms with Crippen molar-refractivity contribution < 1.29 is 14.1 Å². The van der Waals surface area contributed by atoms with E-state index in [1.54, 1.807) is 6.26 Å². The maximum Gasteiger partial charge on any atom is 0.358 e. The Morgan fingerprint density at radius 1 is 1.71 bits per heavy atom. The summed E-state index contributed by atoms with van der Waals surface area (Å²) in [5.41, 5.74) is -0.0620.